The SMILES string of the molecule is CCc1sc(=NC2CCCCC2)n(/N=C/c2ccc(O)c(O)c2O)c1C(C)(C)C. The van der Waals surface area contributed by atoms with Crippen LogP contribution in [-0.2, 0) is 11.8 Å². The molecule has 7 heteroatoms. The molecule has 0 spiro atoms. The smallest absolute Gasteiger partial charge is 0.206 e. The molecule has 0 unspecified atom stereocenters. The van der Waals surface area contributed by atoms with Crippen LogP contribution in [-0.4, -0.2) is 32.3 Å². The second-order valence-electron chi connectivity index (χ2n) is 8.61. The van der Waals surface area contributed by atoms with Gasteiger partial charge in [0.05, 0.1) is 18.0 Å². The Morgan fingerprint density at radius 3 is 2.41 bits per heavy atom. The maximum atomic E-state index is 10.1. The van der Waals surface area contributed by atoms with Crippen molar-refractivity contribution in [3.05, 3.63) is 33.1 Å². The molecule has 1 aliphatic rings. The maximum Gasteiger partial charge on any atom is 0.206 e. The molecule has 1 aliphatic carbocycles. The van der Waals surface area contributed by atoms with Crippen LogP contribution in [0.3, 0.4) is 0 Å². The highest BCUT2D eigenvalue weighted by Gasteiger charge is 2.25. The number of phenols is 3. The normalized spacial score (nSPS) is 16.8. The van der Waals surface area contributed by atoms with Crippen molar-refractivity contribution in [3.8, 4) is 17.2 Å². The van der Waals surface area contributed by atoms with E-state index >= 15 is 0 Å². The quantitative estimate of drug-likeness (QED) is 0.500. The topological polar surface area (TPSA) is 90.3 Å². The van der Waals surface area contributed by atoms with Gasteiger partial charge in [0.1, 0.15) is 0 Å². The second-order valence-corrected chi connectivity index (χ2v) is 9.67. The van der Waals surface area contributed by atoms with E-state index in [-0.39, 0.29) is 16.9 Å². The number of hydrogen-bond acceptors (Lipinski definition) is 6. The van der Waals surface area contributed by atoms with Gasteiger partial charge in [0, 0.05) is 15.9 Å². The van der Waals surface area contributed by atoms with Crippen molar-refractivity contribution in [1.82, 2.24) is 4.68 Å². The average Bonchev–Trinajstić information content (AvgIpc) is 3.04. The van der Waals surface area contributed by atoms with Crippen molar-refractivity contribution in [2.45, 2.75) is 77.7 Å². The minimum atomic E-state index is -0.540. The lowest BCUT2D eigenvalue weighted by molar-refractivity contribution is 0.367. The van der Waals surface area contributed by atoms with Gasteiger partial charge in [-0.25, -0.2) is 4.68 Å². The number of aryl methyl sites for hydroxylation is 1. The number of nitrogens with zero attached hydrogens (tertiary/aromatic N) is 3. The van der Waals surface area contributed by atoms with Crippen LogP contribution in [0.4, 0.5) is 0 Å². The van der Waals surface area contributed by atoms with Gasteiger partial charge in [-0.05, 0) is 31.4 Å². The zero-order valence-corrected chi connectivity index (χ0v) is 18.5. The van der Waals surface area contributed by atoms with E-state index in [9.17, 15) is 15.3 Å². The van der Waals surface area contributed by atoms with Gasteiger partial charge in [0.15, 0.2) is 11.5 Å². The van der Waals surface area contributed by atoms with Crippen LogP contribution in [0.25, 0.3) is 0 Å². The first kappa shape index (κ1) is 21.4. The molecule has 1 fully saturated rings. The van der Waals surface area contributed by atoms with Crippen LogP contribution in [0.1, 0.15) is 75.9 Å². The minimum absolute atomic E-state index is 0.126. The van der Waals surface area contributed by atoms with E-state index in [1.807, 2.05) is 4.68 Å². The fourth-order valence-electron chi connectivity index (χ4n) is 3.75. The van der Waals surface area contributed by atoms with E-state index < -0.39 is 5.75 Å². The summed E-state index contributed by atoms with van der Waals surface area (Å²) in [6.07, 6.45) is 8.35. The van der Waals surface area contributed by atoms with Crippen molar-refractivity contribution in [2.75, 3.05) is 0 Å². The highest BCUT2D eigenvalue weighted by Crippen LogP contribution is 2.36. The number of thiazole rings is 1. The van der Waals surface area contributed by atoms with Crippen LogP contribution in [0.15, 0.2) is 22.2 Å². The first-order valence-corrected chi connectivity index (χ1v) is 11.1. The van der Waals surface area contributed by atoms with E-state index in [0.29, 0.717) is 11.6 Å². The summed E-state index contributed by atoms with van der Waals surface area (Å²) in [5.41, 5.74) is 1.32. The molecule has 0 amide bonds. The molecule has 29 heavy (non-hydrogen) atoms. The van der Waals surface area contributed by atoms with Gasteiger partial charge in [0.2, 0.25) is 10.6 Å². The van der Waals surface area contributed by atoms with E-state index in [0.717, 1.165) is 29.8 Å². The van der Waals surface area contributed by atoms with E-state index in [1.165, 1.54) is 42.5 Å². The Labute approximate surface area is 175 Å². The zero-order chi connectivity index (χ0) is 21.2. The van der Waals surface area contributed by atoms with Gasteiger partial charge in [-0.15, -0.1) is 0 Å². The standard InChI is InChI=1S/C22H31N3O3S/c1-5-17-20(22(2,3)4)25(21(29-17)24-15-9-7-6-8-10-15)23-13-14-11-12-16(26)19(28)18(14)27/h11-13,15,26-28H,5-10H2,1-4H3/b23-13+,24-21?. The first-order chi connectivity index (χ1) is 13.7. The number of hydrogen-bond donors (Lipinski definition) is 3. The molecule has 2 aromatic rings. The number of phenolic OH excluding ortho intramolecular Hbond substituents is 3. The van der Waals surface area contributed by atoms with Crippen LogP contribution < -0.4 is 4.80 Å². The fraction of sp³-hybridized carbons (Fsp3) is 0.545. The molecule has 0 radical (unpaired) electrons. The third-order valence-corrected chi connectivity index (χ3v) is 6.43. The van der Waals surface area contributed by atoms with E-state index in [4.69, 9.17) is 4.99 Å². The molecule has 158 valence electrons. The van der Waals surface area contributed by atoms with Gasteiger partial charge in [0.25, 0.3) is 0 Å². The Morgan fingerprint density at radius 2 is 1.79 bits per heavy atom. The van der Waals surface area contributed by atoms with Crippen molar-refractivity contribution in [1.29, 1.82) is 0 Å². The number of aromatic hydroxyl groups is 3. The fourth-order valence-corrected chi connectivity index (χ4v) is 5.04. The summed E-state index contributed by atoms with van der Waals surface area (Å²) in [7, 11) is 0. The zero-order valence-electron chi connectivity index (χ0n) is 17.6. The Balaban J connectivity index is 2.13. The van der Waals surface area contributed by atoms with Crippen molar-refractivity contribution in [2.24, 2.45) is 10.1 Å². The highest BCUT2D eigenvalue weighted by molar-refractivity contribution is 7.09. The summed E-state index contributed by atoms with van der Waals surface area (Å²) in [5.74, 6) is -1.29. The molecule has 0 bridgehead atoms. The summed E-state index contributed by atoms with van der Waals surface area (Å²) < 4.78 is 1.89. The number of aromatic nitrogens is 1. The molecule has 3 rings (SSSR count). The Morgan fingerprint density at radius 1 is 1.10 bits per heavy atom. The summed E-state index contributed by atoms with van der Waals surface area (Å²) in [4.78, 5) is 7.17. The van der Waals surface area contributed by atoms with Gasteiger partial charge in [-0.1, -0.05) is 58.3 Å². The second kappa shape index (κ2) is 8.61. The summed E-state index contributed by atoms with van der Waals surface area (Å²) in [5, 5.41) is 34.1. The van der Waals surface area contributed by atoms with E-state index in [2.05, 4.69) is 32.8 Å². The molecule has 1 aromatic heterocycles. The Bertz CT molecular complexity index is 961. The first-order valence-electron chi connectivity index (χ1n) is 10.3. The molecule has 0 aliphatic heterocycles. The summed E-state index contributed by atoms with van der Waals surface area (Å²) in [6, 6.07) is 3.19. The molecular formula is C22H31N3O3S. The molecule has 1 heterocycles. The van der Waals surface area contributed by atoms with Gasteiger partial charge < -0.3 is 15.3 Å². The van der Waals surface area contributed by atoms with Crippen molar-refractivity contribution >= 4 is 17.6 Å². The summed E-state index contributed by atoms with van der Waals surface area (Å²) in [6.45, 7) is 8.63. The molecule has 1 saturated carbocycles. The third-order valence-electron chi connectivity index (χ3n) is 5.24. The minimum Gasteiger partial charge on any atom is -0.504 e. The van der Waals surface area contributed by atoms with Crippen LogP contribution in [0, 0.1) is 0 Å². The number of benzene rings is 1. The predicted octanol–water partition coefficient (Wildman–Crippen LogP) is 4.64. The monoisotopic (exact) mass is 417 g/mol. The lowest BCUT2D eigenvalue weighted by Crippen LogP contribution is -2.24. The van der Waals surface area contributed by atoms with E-state index in [1.54, 1.807) is 11.3 Å². The van der Waals surface area contributed by atoms with Gasteiger partial charge in [-0.3, -0.25) is 4.99 Å². The number of rotatable bonds is 4. The lowest BCUT2D eigenvalue weighted by atomic mass is 9.91. The summed E-state index contributed by atoms with van der Waals surface area (Å²) >= 11 is 1.68. The van der Waals surface area contributed by atoms with Crippen LogP contribution >= 0.6 is 11.3 Å². The third kappa shape index (κ3) is 4.66. The lowest BCUT2D eigenvalue weighted by Gasteiger charge is -2.21. The maximum absolute atomic E-state index is 10.1. The largest absolute Gasteiger partial charge is 0.504 e. The van der Waals surface area contributed by atoms with Gasteiger partial charge >= 0.3 is 0 Å². The Kier molecular flexibility index (Phi) is 6.36. The molecule has 0 saturated heterocycles. The van der Waals surface area contributed by atoms with Crippen molar-refractivity contribution in [3.63, 3.8) is 0 Å². The average molecular weight is 418 g/mol. The molecule has 1 aromatic carbocycles. The highest BCUT2D eigenvalue weighted by atomic mass is 32.1. The Hall–Kier alpha value is -2.28. The van der Waals surface area contributed by atoms with Crippen LogP contribution in [0.5, 0.6) is 17.2 Å². The molecular weight excluding hydrogens is 386 g/mol. The van der Waals surface area contributed by atoms with Gasteiger partial charge in [-0.2, -0.15) is 5.10 Å². The van der Waals surface area contributed by atoms with Crippen molar-refractivity contribution < 1.29 is 15.3 Å². The van der Waals surface area contributed by atoms with Crippen LogP contribution in [0.2, 0.25) is 0 Å². The molecule has 3 N–H and O–H groups in total. The molecule has 0 atom stereocenters. The molecule has 6 nitrogen and oxygen atoms in total. The predicted molar refractivity (Wildman–Crippen MR) is 117 cm³/mol.